The van der Waals surface area contributed by atoms with Gasteiger partial charge in [0.25, 0.3) is 0 Å². The minimum absolute atomic E-state index is 0.232. The molecule has 1 aliphatic carbocycles. The first-order valence-corrected chi connectivity index (χ1v) is 8.21. The van der Waals surface area contributed by atoms with Crippen LogP contribution in [-0.2, 0) is 6.42 Å². The zero-order valence-corrected chi connectivity index (χ0v) is 12.8. The highest BCUT2D eigenvalue weighted by Gasteiger charge is 2.38. The van der Waals surface area contributed by atoms with Gasteiger partial charge in [-0.3, -0.25) is 0 Å². The van der Waals surface area contributed by atoms with Crippen LogP contribution in [0.15, 0.2) is 12.3 Å². The molecule has 1 aromatic heterocycles. The van der Waals surface area contributed by atoms with Gasteiger partial charge >= 0.3 is 0 Å². The molecule has 0 amide bonds. The van der Waals surface area contributed by atoms with Crippen molar-refractivity contribution in [3.05, 3.63) is 23.5 Å². The van der Waals surface area contributed by atoms with Gasteiger partial charge in [-0.2, -0.15) is 0 Å². The van der Waals surface area contributed by atoms with Gasteiger partial charge in [-0.15, -0.1) is 0 Å². The largest absolute Gasteiger partial charge is 0.347 e. The van der Waals surface area contributed by atoms with Crippen molar-refractivity contribution in [3.63, 3.8) is 0 Å². The third-order valence-electron chi connectivity index (χ3n) is 5.86. The fraction of sp³-hybridized carbons (Fsp3) is 0.765. The van der Waals surface area contributed by atoms with E-state index in [1.807, 2.05) is 0 Å². The molecule has 5 rings (SSSR count). The maximum atomic E-state index is 6.42. The van der Waals surface area contributed by atoms with Crippen molar-refractivity contribution in [2.45, 2.75) is 51.6 Å². The summed E-state index contributed by atoms with van der Waals surface area (Å²) in [6, 6.07) is 3.23. The Kier molecular flexibility index (Phi) is 2.80. The van der Waals surface area contributed by atoms with Crippen LogP contribution < -0.4 is 5.73 Å². The normalized spacial score (nSPS) is 38.8. The van der Waals surface area contributed by atoms with Crippen LogP contribution >= 0.6 is 0 Å². The van der Waals surface area contributed by atoms with E-state index in [2.05, 4.69) is 35.6 Å². The Morgan fingerprint density at radius 3 is 2.65 bits per heavy atom. The molecule has 3 heteroatoms. The lowest BCUT2D eigenvalue weighted by atomic mass is 9.74. The molecule has 0 aromatic carbocycles. The van der Waals surface area contributed by atoms with E-state index < -0.39 is 0 Å². The molecular weight excluding hydrogens is 246 g/mol. The van der Waals surface area contributed by atoms with Crippen LogP contribution in [0.2, 0.25) is 0 Å². The van der Waals surface area contributed by atoms with Crippen molar-refractivity contribution < 1.29 is 0 Å². The van der Waals surface area contributed by atoms with E-state index in [0.717, 1.165) is 12.3 Å². The molecule has 3 aliphatic heterocycles. The van der Waals surface area contributed by atoms with Crippen LogP contribution in [0.5, 0.6) is 0 Å². The fourth-order valence-corrected chi connectivity index (χ4v) is 4.82. The Balaban J connectivity index is 1.70. The van der Waals surface area contributed by atoms with Gasteiger partial charge in [0, 0.05) is 30.5 Å². The smallest absolute Gasteiger partial charge is 0.0489 e. The molecule has 110 valence electrons. The number of piperidine rings is 3. The highest BCUT2D eigenvalue weighted by atomic mass is 15.2. The zero-order valence-electron chi connectivity index (χ0n) is 12.8. The molecule has 3 saturated heterocycles. The molecule has 3 fully saturated rings. The van der Waals surface area contributed by atoms with E-state index in [9.17, 15) is 0 Å². The summed E-state index contributed by atoms with van der Waals surface area (Å²) in [7, 11) is 0. The van der Waals surface area contributed by atoms with Crippen LogP contribution in [-0.4, -0.2) is 29.1 Å². The average molecular weight is 273 g/mol. The molecule has 3 nitrogen and oxygen atoms in total. The van der Waals surface area contributed by atoms with E-state index in [1.54, 1.807) is 0 Å². The summed E-state index contributed by atoms with van der Waals surface area (Å²) in [6.45, 7) is 8.61. The van der Waals surface area contributed by atoms with Crippen LogP contribution in [0, 0.1) is 11.3 Å². The summed E-state index contributed by atoms with van der Waals surface area (Å²) in [4.78, 5) is 2.64. The number of aromatic nitrogens is 1. The number of hydrogen-bond donors (Lipinski definition) is 1. The molecule has 1 aromatic rings. The lowest BCUT2D eigenvalue weighted by Gasteiger charge is -2.46. The predicted molar refractivity (Wildman–Crippen MR) is 81.7 cm³/mol. The summed E-state index contributed by atoms with van der Waals surface area (Å²) >= 11 is 0. The molecule has 0 saturated carbocycles. The Morgan fingerprint density at radius 1 is 1.25 bits per heavy atom. The SMILES string of the molecule is CC1(C)Cc2c(ccn2C2CN3CCC2CC3)C(N)C1. The molecule has 4 aliphatic rings. The Hall–Kier alpha value is -0.800. The Bertz CT molecular complexity index is 508. The molecule has 2 N–H and O–H groups in total. The van der Waals surface area contributed by atoms with Crippen molar-refractivity contribution >= 4 is 0 Å². The minimum Gasteiger partial charge on any atom is -0.347 e. The molecule has 4 heterocycles. The Morgan fingerprint density at radius 2 is 2.00 bits per heavy atom. The lowest BCUT2D eigenvalue weighted by Crippen LogP contribution is -2.48. The van der Waals surface area contributed by atoms with E-state index in [1.165, 1.54) is 50.2 Å². The summed E-state index contributed by atoms with van der Waals surface area (Å²) in [6.07, 6.45) is 7.40. The molecule has 20 heavy (non-hydrogen) atoms. The molecule has 0 radical (unpaired) electrons. The summed E-state index contributed by atoms with van der Waals surface area (Å²) in [5.74, 6) is 0.887. The maximum absolute atomic E-state index is 6.42. The third kappa shape index (κ3) is 1.94. The van der Waals surface area contributed by atoms with Gasteiger partial charge in [-0.1, -0.05) is 13.8 Å². The van der Waals surface area contributed by atoms with Gasteiger partial charge in [0.05, 0.1) is 0 Å². The highest BCUT2D eigenvalue weighted by Crippen LogP contribution is 2.43. The van der Waals surface area contributed by atoms with Gasteiger partial charge in [0.1, 0.15) is 0 Å². The first-order valence-electron chi connectivity index (χ1n) is 8.21. The second-order valence-corrected chi connectivity index (χ2v) is 7.98. The summed E-state index contributed by atoms with van der Waals surface area (Å²) in [5, 5.41) is 0. The summed E-state index contributed by atoms with van der Waals surface area (Å²) in [5.41, 5.74) is 9.71. The number of fused-ring (bicyclic) bond motifs is 4. The first kappa shape index (κ1) is 12.9. The standard InChI is InChI=1S/C17H27N3/c1-17(2)9-14(18)13-5-8-20(15(13)10-17)16-11-19-6-3-12(16)4-7-19/h5,8,12,14,16H,3-4,6-7,9-11,18H2,1-2H3. The Labute approximate surface area is 122 Å². The van der Waals surface area contributed by atoms with Crippen molar-refractivity contribution in [2.75, 3.05) is 19.6 Å². The van der Waals surface area contributed by atoms with Crippen molar-refractivity contribution in [2.24, 2.45) is 17.1 Å². The van der Waals surface area contributed by atoms with Gasteiger partial charge in [0.2, 0.25) is 0 Å². The predicted octanol–water partition coefficient (Wildman–Crippen LogP) is 2.73. The monoisotopic (exact) mass is 273 g/mol. The van der Waals surface area contributed by atoms with Gasteiger partial charge in [-0.25, -0.2) is 0 Å². The van der Waals surface area contributed by atoms with E-state index in [0.29, 0.717) is 11.5 Å². The second-order valence-electron chi connectivity index (χ2n) is 7.98. The van der Waals surface area contributed by atoms with E-state index in [4.69, 9.17) is 5.73 Å². The molecule has 2 unspecified atom stereocenters. The lowest BCUT2D eigenvalue weighted by molar-refractivity contribution is 0.0547. The number of hydrogen-bond acceptors (Lipinski definition) is 2. The molecule has 2 bridgehead atoms. The van der Waals surface area contributed by atoms with Gasteiger partial charge in [0.15, 0.2) is 0 Å². The average Bonchev–Trinajstić information content (AvgIpc) is 2.82. The number of nitrogens with zero attached hydrogens (tertiary/aromatic N) is 2. The van der Waals surface area contributed by atoms with Crippen molar-refractivity contribution in [1.82, 2.24) is 9.47 Å². The van der Waals surface area contributed by atoms with Crippen LogP contribution in [0.1, 0.15) is 56.5 Å². The van der Waals surface area contributed by atoms with Gasteiger partial charge in [-0.05, 0) is 61.7 Å². The van der Waals surface area contributed by atoms with Crippen LogP contribution in [0.4, 0.5) is 0 Å². The summed E-state index contributed by atoms with van der Waals surface area (Å²) < 4.78 is 2.60. The topological polar surface area (TPSA) is 34.2 Å². The van der Waals surface area contributed by atoms with Crippen molar-refractivity contribution in [1.29, 1.82) is 0 Å². The molecule has 0 spiro atoms. The minimum atomic E-state index is 0.232. The highest BCUT2D eigenvalue weighted by molar-refractivity contribution is 5.31. The maximum Gasteiger partial charge on any atom is 0.0489 e. The van der Waals surface area contributed by atoms with Crippen LogP contribution in [0.3, 0.4) is 0 Å². The fourth-order valence-electron chi connectivity index (χ4n) is 4.82. The number of nitrogens with two attached hydrogens (primary N) is 1. The second kappa shape index (κ2) is 4.35. The van der Waals surface area contributed by atoms with E-state index in [-0.39, 0.29) is 6.04 Å². The van der Waals surface area contributed by atoms with E-state index >= 15 is 0 Å². The number of rotatable bonds is 1. The third-order valence-corrected chi connectivity index (χ3v) is 5.86. The molecular formula is C17H27N3. The zero-order chi connectivity index (χ0) is 13.9. The first-order chi connectivity index (χ1) is 9.53. The quantitative estimate of drug-likeness (QED) is 0.853. The van der Waals surface area contributed by atoms with Gasteiger partial charge < -0.3 is 15.2 Å². The van der Waals surface area contributed by atoms with Crippen molar-refractivity contribution in [3.8, 4) is 0 Å². The van der Waals surface area contributed by atoms with Crippen LogP contribution in [0.25, 0.3) is 0 Å². The molecule has 2 atom stereocenters.